The zero-order chi connectivity index (χ0) is 25.1. The molecule has 0 aliphatic heterocycles. The number of carbonyl (C=O) groups is 1. The Labute approximate surface area is 203 Å². The summed E-state index contributed by atoms with van der Waals surface area (Å²) in [6, 6.07) is 14.2. The standard InChI is InChI=1S/C26H29N5O4/c1-6-21(25(32)27-15-18-12-13-20(34-4)14-22(18)35-5)31-26(33)23-17(3)30(19-10-8-7-9-11-19)29-24(23)16(2)28-31/h7-14,21H,6,15H2,1-5H3,(H,27,32)/t21-/m1/s1. The van der Waals surface area contributed by atoms with Gasteiger partial charge in [-0.1, -0.05) is 25.1 Å². The Morgan fingerprint density at radius 3 is 2.46 bits per heavy atom. The maximum absolute atomic E-state index is 13.5. The quantitative estimate of drug-likeness (QED) is 0.419. The van der Waals surface area contributed by atoms with Crippen molar-refractivity contribution in [2.75, 3.05) is 14.2 Å². The molecule has 0 radical (unpaired) electrons. The fraction of sp³-hybridized carbons (Fsp3) is 0.308. The lowest BCUT2D eigenvalue weighted by Gasteiger charge is -2.18. The van der Waals surface area contributed by atoms with Crippen LogP contribution >= 0.6 is 0 Å². The minimum atomic E-state index is -0.769. The first-order chi connectivity index (χ1) is 16.9. The predicted octanol–water partition coefficient (Wildman–Crippen LogP) is 3.48. The van der Waals surface area contributed by atoms with Gasteiger partial charge < -0.3 is 14.8 Å². The van der Waals surface area contributed by atoms with Crippen LogP contribution in [-0.4, -0.2) is 39.7 Å². The number of hydrogen-bond donors (Lipinski definition) is 1. The van der Waals surface area contributed by atoms with Crippen LogP contribution in [0.15, 0.2) is 53.3 Å². The van der Waals surface area contributed by atoms with Gasteiger partial charge in [0.15, 0.2) is 0 Å². The van der Waals surface area contributed by atoms with Gasteiger partial charge in [-0.2, -0.15) is 10.2 Å². The van der Waals surface area contributed by atoms with Gasteiger partial charge in [0.2, 0.25) is 5.91 Å². The zero-order valence-electron chi connectivity index (χ0n) is 20.5. The molecule has 2 heterocycles. The average molecular weight is 476 g/mol. The van der Waals surface area contributed by atoms with Crippen molar-refractivity contribution >= 4 is 16.8 Å². The van der Waals surface area contributed by atoms with Gasteiger partial charge in [0.05, 0.1) is 36.7 Å². The van der Waals surface area contributed by atoms with Gasteiger partial charge in [-0.05, 0) is 44.5 Å². The summed E-state index contributed by atoms with van der Waals surface area (Å²) >= 11 is 0. The Morgan fingerprint density at radius 1 is 1.06 bits per heavy atom. The number of para-hydroxylation sites is 1. The van der Waals surface area contributed by atoms with E-state index in [0.717, 1.165) is 11.3 Å². The molecule has 0 bridgehead atoms. The Kier molecular flexibility index (Phi) is 6.86. The van der Waals surface area contributed by atoms with Crippen molar-refractivity contribution in [2.24, 2.45) is 0 Å². The minimum Gasteiger partial charge on any atom is -0.497 e. The smallest absolute Gasteiger partial charge is 0.278 e. The molecular weight excluding hydrogens is 446 g/mol. The van der Waals surface area contributed by atoms with Crippen LogP contribution in [0.3, 0.4) is 0 Å². The van der Waals surface area contributed by atoms with Gasteiger partial charge >= 0.3 is 0 Å². The number of aromatic nitrogens is 4. The molecule has 1 N–H and O–H groups in total. The van der Waals surface area contributed by atoms with Crippen LogP contribution in [0.4, 0.5) is 0 Å². The third kappa shape index (κ3) is 4.49. The van der Waals surface area contributed by atoms with Crippen LogP contribution in [0.2, 0.25) is 0 Å². The summed E-state index contributed by atoms with van der Waals surface area (Å²) in [5, 5.41) is 12.5. The summed E-state index contributed by atoms with van der Waals surface area (Å²) in [6.45, 7) is 5.74. The SMILES string of the molecule is CC[C@H](C(=O)NCc1ccc(OC)cc1OC)n1nc(C)c2nn(-c3ccccc3)c(C)c2c1=O. The molecule has 0 unspecified atom stereocenters. The highest BCUT2D eigenvalue weighted by Gasteiger charge is 2.25. The molecule has 0 saturated carbocycles. The van der Waals surface area contributed by atoms with E-state index in [9.17, 15) is 9.59 Å². The van der Waals surface area contributed by atoms with Gasteiger partial charge in [-0.15, -0.1) is 0 Å². The second-order valence-corrected chi connectivity index (χ2v) is 8.21. The maximum atomic E-state index is 13.5. The highest BCUT2D eigenvalue weighted by molar-refractivity contribution is 5.84. The summed E-state index contributed by atoms with van der Waals surface area (Å²) in [4.78, 5) is 26.7. The van der Waals surface area contributed by atoms with Gasteiger partial charge in [0.1, 0.15) is 23.1 Å². The highest BCUT2D eigenvalue weighted by Crippen LogP contribution is 2.25. The van der Waals surface area contributed by atoms with Crippen LogP contribution < -0.4 is 20.3 Å². The Hall–Kier alpha value is -4.14. The summed E-state index contributed by atoms with van der Waals surface area (Å²) in [5.41, 5.74) is 3.13. The fourth-order valence-electron chi connectivity index (χ4n) is 4.18. The van der Waals surface area contributed by atoms with E-state index in [1.165, 1.54) is 4.68 Å². The number of nitrogens with one attached hydrogen (secondary N) is 1. The first-order valence-corrected chi connectivity index (χ1v) is 11.4. The van der Waals surface area contributed by atoms with E-state index in [4.69, 9.17) is 9.47 Å². The molecule has 1 atom stereocenters. The molecule has 4 aromatic rings. The number of benzene rings is 2. The molecule has 182 valence electrons. The van der Waals surface area contributed by atoms with Crippen molar-refractivity contribution in [3.05, 3.63) is 75.8 Å². The molecule has 2 aromatic carbocycles. The molecule has 35 heavy (non-hydrogen) atoms. The number of methoxy groups -OCH3 is 2. The molecule has 0 fully saturated rings. The van der Waals surface area contributed by atoms with Crippen LogP contribution in [0, 0.1) is 13.8 Å². The van der Waals surface area contributed by atoms with E-state index >= 15 is 0 Å². The minimum absolute atomic E-state index is 0.240. The van der Waals surface area contributed by atoms with E-state index in [1.807, 2.05) is 50.2 Å². The number of rotatable bonds is 8. The van der Waals surface area contributed by atoms with Crippen molar-refractivity contribution in [1.82, 2.24) is 24.9 Å². The Morgan fingerprint density at radius 2 is 1.80 bits per heavy atom. The van der Waals surface area contributed by atoms with Crippen molar-refractivity contribution in [1.29, 1.82) is 0 Å². The third-order valence-corrected chi connectivity index (χ3v) is 6.07. The number of fused-ring (bicyclic) bond motifs is 1. The van der Waals surface area contributed by atoms with Crippen molar-refractivity contribution < 1.29 is 14.3 Å². The molecule has 0 saturated heterocycles. The second-order valence-electron chi connectivity index (χ2n) is 8.21. The topological polar surface area (TPSA) is 100 Å². The molecule has 0 aliphatic carbocycles. The molecule has 2 aromatic heterocycles. The number of carbonyl (C=O) groups excluding carboxylic acids is 1. The van der Waals surface area contributed by atoms with Crippen LogP contribution in [0.1, 0.15) is 36.3 Å². The molecule has 9 nitrogen and oxygen atoms in total. The van der Waals surface area contributed by atoms with Gasteiger partial charge in [-0.25, -0.2) is 9.36 Å². The zero-order valence-corrected chi connectivity index (χ0v) is 20.5. The molecule has 9 heteroatoms. The number of aryl methyl sites for hydroxylation is 2. The highest BCUT2D eigenvalue weighted by atomic mass is 16.5. The Bertz CT molecular complexity index is 1430. The normalized spacial score (nSPS) is 11.9. The van der Waals surface area contributed by atoms with E-state index in [1.54, 1.807) is 38.0 Å². The van der Waals surface area contributed by atoms with E-state index < -0.39 is 6.04 Å². The lowest BCUT2D eigenvalue weighted by atomic mass is 10.1. The van der Waals surface area contributed by atoms with Gasteiger partial charge in [0, 0.05) is 18.2 Å². The average Bonchev–Trinajstić information content (AvgIpc) is 3.24. The van der Waals surface area contributed by atoms with Crippen molar-refractivity contribution in [3.63, 3.8) is 0 Å². The monoisotopic (exact) mass is 475 g/mol. The van der Waals surface area contributed by atoms with Gasteiger partial charge in [-0.3, -0.25) is 9.59 Å². The fourth-order valence-corrected chi connectivity index (χ4v) is 4.18. The summed E-state index contributed by atoms with van der Waals surface area (Å²) in [5.74, 6) is 0.968. The van der Waals surface area contributed by atoms with E-state index in [2.05, 4.69) is 15.5 Å². The molecule has 0 spiro atoms. The summed E-state index contributed by atoms with van der Waals surface area (Å²) in [7, 11) is 3.14. The molecule has 4 rings (SSSR count). The summed E-state index contributed by atoms with van der Waals surface area (Å²) in [6.07, 6.45) is 0.398. The number of amides is 1. The molecule has 0 aliphatic rings. The Balaban J connectivity index is 1.67. The first kappa shape index (κ1) is 24.0. The van der Waals surface area contributed by atoms with E-state index in [0.29, 0.717) is 40.2 Å². The number of ether oxygens (including phenoxy) is 2. The lowest BCUT2D eigenvalue weighted by molar-refractivity contribution is -0.125. The molecule has 1 amide bonds. The van der Waals surface area contributed by atoms with Crippen LogP contribution in [-0.2, 0) is 11.3 Å². The molecular formula is C26H29N5O4. The van der Waals surface area contributed by atoms with Crippen molar-refractivity contribution in [2.45, 2.75) is 39.8 Å². The van der Waals surface area contributed by atoms with Crippen molar-refractivity contribution in [3.8, 4) is 17.2 Å². The first-order valence-electron chi connectivity index (χ1n) is 11.4. The van der Waals surface area contributed by atoms with E-state index in [-0.39, 0.29) is 18.0 Å². The lowest BCUT2D eigenvalue weighted by Crippen LogP contribution is -2.38. The van der Waals surface area contributed by atoms with Gasteiger partial charge in [0.25, 0.3) is 5.56 Å². The third-order valence-electron chi connectivity index (χ3n) is 6.07. The summed E-state index contributed by atoms with van der Waals surface area (Å²) < 4.78 is 13.7. The van der Waals surface area contributed by atoms with Crippen LogP contribution in [0.25, 0.3) is 16.6 Å². The van der Waals surface area contributed by atoms with Crippen LogP contribution in [0.5, 0.6) is 11.5 Å². The predicted molar refractivity (Wildman–Crippen MR) is 133 cm³/mol. The number of nitrogens with zero attached hydrogens (tertiary/aromatic N) is 4. The number of hydrogen-bond acceptors (Lipinski definition) is 6. The maximum Gasteiger partial charge on any atom is 0.278 e. The second kappa shape index (κ2) is 10.0. The largest absolute Gasteiger partial charge is 0.497 e.